The van der Waals surface area contributed by atoms with Crippen LogP contribution >= 0.6 is 0 Å². The van der Waals surface area contributed by atoms with E-state index in [0.29, 0.717) is 0 Å². The van der Waals surface area contributed by atoms with Gasteiger partial charge in [0.1, 0.15) is 0 Å². The van der Waals surface area contributed by atoms with Crippen molar-refractivity contribution in [1.82, 2.24) is 5.32 Å². The van der Waals surface area contributed by atoms with Crippen LogP contribution in [-0.4, -0.2) is 14.1 Å². The summed E-state index contributed by atoms with van der Waals surface area (Å²) in [5.74, 6) is 0. The van der Waals surface area contributed by atoms with Gasteiger partial charge >= 0.3 is 0 Å². The van der Waals surface area contributed by atoms with Crippen LogP contribution in [-0.2, 0) is 0 Å². The molecule has 1 aromatic rings. The van der Waals surface area contributed by atoms with Crippen LogP contribution < -0.4 is 10.6 Å². The van der Waals surface area contributed by atoms with Gasteiger partial charge in [0.05, 0.1) is 5.69 Å². The molecule has 0 saturated carbocycles. The molecule has 0 saturated heterocycles. The number of nitrogens with zero attached hydrogens (tertiary/aromatic N) is 1. The van der Waals surface area contributed by atoms with E-state index in [1.807, 2.05) is 31.3 Å². The van der Waals surface area contributed by atoms with Crippen molar-refractivity contribution in [3.63, 3.8) is 0 Å². The average Bonchev–Trinajstić information content (AvgIpc) is 2.05. The highest BCUT2D eigenvalue weighted by Gasteiger charge is 1.89. The Kier molecular flexibility index (Phi) is 2.15. The van der Waals surface area contributed by atoms with Gasteiger partial charge in [-0.05, 0) is 18.2 Å². The van der Waals surface area contributed by atoms with Crippen LogP contribution in [0, 0.1) is 0 Å². The van der Waals surface area contributed by atoms with Crippen LogP contribution in [0.1, 0.15) is 0 Å². The summed E-state index contributed by atoms with van der Waals surface area (Å²) < 4.78 is 0. The molecule has 0 aliphatic carbocycles. The van der Waals surface area contributed by atoms with Gasteiger partial charge in [-0.2, -0.15) is 0 Å². The predicted octanol–water partition coefficient (Wildman–Crippen LogP) is 1.59. The van der Waals surface area contributed by atoms with E-state index in [9.17, 15) is 0 Å². The zero-order chi connectivity index (χ0) is 7.40. The molecule has 1 N–H and O–H groups in total. The summed E-state index contributed by atoms with van der Waals surface area (Å²) in [7, 11) is 3.68. The third-order valence-electron chi connectivity index (χ3n) is 1.39. The minimum atomic E-state index is 1.01. The second kappa shape index (κ2) is 3.11. The highest BCUT2D eigenvalue weighted by Crippen LogP contribution is 2.12. The second-order valence-electron chi connectivity index (χ2n) is 2.02. The average molecular weight is 135 g/mol. The zero-order valence-electron chi connectivity index (χ0n) is 6.26. The maximum atomic E-state index is 4.04. The smallest absolute Gasteiger partial charge is 0.0591 e. The molecule has 1 radical (unpaired) electrons. The first-order valence-electron chi connectivity index (χ1n) is 3.24. The Morgan fingerprint density at radius 1 is 1.40 bits per heavy atom. The summed E-state index contributed by atoms with van der Waals surface area (Å²) in [4.78, 5) is 0. The van der Waals surface area contributed by atoms with Gasteiger partial charge in [0, 0.05) is 19.8 Å². The lowest BCUT2D eigenvalue weighted by molar-refractivity contribution is 1.09. The van der Waals surface area contributed by atoms with Crippen molar-refractivity contribution in [2.24, 2.45) is 0 Å². The van der Waals surface area contributed by atoms with E-state index < -0.39 is 0 Å². The number of benzene rings is 1. The zero-order valence-corrected chi connectivity index (χ0v) is 6.26. The molecular weight excluding hydrogens is 124 g/mol. The Balaban J connectivity index is 2.87. The van der Waals surface area contributed by atoms with E-state index in [1.165, 1.54) is 0 Å². The summed E-state index contributed by atoms with van der Waals surface area (Å²) >= 11 is 0. The Labute approximate surface area is 61.3 Å². The lowest BCUT2D eigenvalue weighted by Crippen LogP contribution is -1.90. The van der Waals surface area contributed by atoms with Crippen LogP contribution in [0.2, 0.25) is 0 Å². The van der Waals surface area contributed by atoms with Crippen molar-refractivity contribution in [1.29, 1.82) is 0 Å². The van der Waals surface area contributed by atoms with Gasteiger partial charge in [-0.25, -0.2) is 0 Å². The van der Waals surface area contributed by atoms with E-state index in [-0.39, 0.29) is 0 Å². The van der Waals surface area contributed by atoms with Crippen molar-refractivity contribution in [3.05, 3.63) is 24.3 Å². The van der Waals surface area contributed by atoms with Crippen molar-refractivity contribution in [2.45, 2.75) is 0 Å². The van der Waals surface area contributed by atoms with Crippen molar-refractivity contribution in [2.75, 3.05) is 19.4 Å². The normalized spacial score (nSPS) is 9.00. The van der Waals surface area contributed by atoms with Crippen molar-refractivity contribution in [3.8, 4) is 0 Å². The molecular formula is C8H11N2. The topological polar surface area (TPSA) is 26.1 Å². The maximum Gasteiger partial charge on any atom is 0.0591 e. The molecule has 0 spiro atoms. The van der Waals surface area contributed by atoms with E-state index >= 15 is 0 Å². The molecule has 0 aromatic heterocycles. The Morgan fingerprint density at radius 2 is 2.20 bits per heavy atom. The summed E-state index contributed by atoms with van der Waals surface area (Å²) in [6, 6.07) is 7.96. The number of nitrogens with one attached hydrogen (secondary N) is 1. The number of rotatable bonds is 2. The van der Waals surface area contributed by atoms with Crippen LogP contribution in [0.5, 0.6) is 0 Å². The molecule has 0 aliphatic heterocycles. The van der Waals surface area contributed by atoms with Gasteiger partial charge in [-0.15, -0.1) is 0 Å². The van der Waals surface area contributed by atoms with Crippen molar-refractivity contribution >= 4 is 11.4 Å². The van der Waals surface area contributed by atoms with Crippen LogP contribution in [0.25, 0.3) is 0 Å². The van der Waals surface area contributed by atoms with Gasteiger partial charge in [0.2, 0.25) is 0 Å². The van der Waals surface area contributed by atoms with Gasteiger partial charge < -0.3 is 5.32 Å². The molecule has 0 heterocycles. The lowest BCUT2D eigenvalue weighted by atomic mass is 10.3. The van der Waals surface area contributed by atoms with Crippen molar-refractivity contribution < 1.29 is 0 Å². The molecule has 2 nitrogen and oxygen atoms in total. The first-order chi connectivity index (χ1) is 4.86. The molecule has 0 amide bonds. The van der Waals surface area contributed by atoms with Gasteiger partial charge in [0.25, 0.3) is 0 Å². The monoisotopic (exact) mass is 135 g/mol. The minimum Gasteiger partial charge on any atom is -0.388 e. The Bertz CT molecular complexity index is 189. The summed E-state index contributed by atoms with van der Waals surface area (Å²) in [5, 5.41) is 7.08. The summed E-state index contributed by atoms with van der Waals surface area (Å²) in [5.41, 5.74) is 2.11. The molecule has 10 heavy (non-hydrogen) atoms. The standard InChI is InChI=1S/C8H11N2/c1-9-7-4-3-5-8(6-7)10-2/h3-6,9H,1-2H3. The maximum absolute atomic E-state index is 4.04. The highest BCUT2D eigenvalue weighted by atomic mass is 14.8. The molecule has 0 fully saturated rings. The van der Waals surface area contributed by atoms with Gasteiger partial charge in [-0.3, -0.25) is 5.32 Å². The molecule has 53 valence electrons. The van der Waals surface area contributed by atoms with E-state index in [1.54, 1.807) is 7.05 Å². The van der Waals surface area contributed by atoms with Gasteiger partial charge in [0.15, 0.2) is 0 Å². The molecule has 0 unspecified atom stereocenters. The first kappa shape index (κ1) is 6.93. The highest BCUT2D eigenvalue weighted by molar-refractivity contribution is 5.52. The molecule has 0 aliphatic rings. The lowest BCUT2D eigenvalue weighted by Gasteiger charge is -2.00. The minimum absolute atomic E-state index is 1.01. The van der Waals surface area contributed by atoms with Crippen LogP contribution in [0.15, 0.2) is 24.3 Å². The predicted molar refractivity (Wildman–Crippen MR) is 43.7 cm³/mol. The largest absolute Gasteiger partial charge is 0.388 e. The first-order valence-corrected chi connectivity index (χ1v) is 3.24. The van der Waals surface area contributed by atoms with E-state index in [2.05, 4.69) is 10.6 Å². The fourth-order valence-corrected chi connectivity index (χ4v) is 0.801. The van der Waals surface area contributed by atoms with Crippen LogP contribution in [0.3, 0.4) is 0 Å². The SMILES string of the molecule is C[N]c1cccc(NC)c1. The fraction of sp³-hybridized carbons (Fsp3) is 0.250. The Morgan fingerprint density at radius 3 is 2.80 bits per heavy atom. The Hall–Kier alpha value is -1.18. The van der Waals surface area contributed by atoms with E-state index in [4.69, 9.17) is 0 Å². The fourth-order valence-electron chi connectivity index (χ4n) is 0.801. The quantitative estimate of drug-likeness (QED) is 0.654. The van der Waals surface area contributed by atoms with E-state index in [0.717, 1.165) is 11.4 Å². The molecule has 1 rings (SSSR count). The third kappa shape index (κ3) is 1.41. The number of hydrogen-bond donors (Lipinski definition) is 1. The van der Waals surface area contributed by atoms with Crippen LogP contribution in [0.4, 0.5) is 11.4 Å². The summed E-state index contributed by atoms with van der Waals surface area (Å²) in [6.07, 6.45) is 0. The van der Waals surface area contributed by atoms with Gasteiger partial charge in [-0.1, -0.05) is 6.07 Å². The number of anilines is 1. The number of hydrogen-bond acceptors (Lipinski definition) is 1. The molecule has 1 aromatic carbocycles. The molecule has 0 bridgehead atoms. The second-order valence-corrected chi connectivity index (χ2v) is 2.02. The molecule has 0 atom stereocenters. The molecule has 2 heteroatoms. The third-order valence-corrected chi connectivity index (χ3v) is 1.39. The summed E-state index contributed by atoms with van der Waals surface area (Å²) in [6.45, 7) is 0.